The van der Waals surface area contributed by atoms with Crippen LogP contribution in [0.4, 0.5) is 0 Å². The van der Waals surface area contributed by atoms with Gasteiger partial charge >= 0.3 is 5.97 Å². The Labute approximate surface area is 156 Å². The van der Waals surface area contributed by atoms with Crippen LogP contribution in [-0.2, 0) is 20.7 Å². The second kappa shape index (κ2) is 8.06. The molecule has 0 bridgehead atoms. The van der Waals surface area contributed by atoms with E-state index >= 15 is 0 Å². The van der Waals surface area contributed by atoms with E-state index in [0.717, 1.165) is 5.56 Å². The van der Waals surface area contributed by atoms with Gasteiger partial charge in [-0.3, -0.25) is 4.79 Å². The van der Waals surface area contributed by atoms with E-state index in [-0.39, 0.29) is 12.5 Å². The maximum atomic E-state index is 12.4. The molecule has 0 radical (unpaired) electrons. The van der Waals surface area contributed by atoms with Gasteiger partial charge in [-0.25, -0.2) is 4.79 Å². The van der Waals surface area contributed by atoms with Gasteiger partial charge in [0.2, 0.25) is 0 Å². The monoisotopic (exact) mass is 371 g/mol. The van der Waals surface area contributed by atoms with Crippen molar-refractivity contribution in [1.82, 2.24) is 4.90 Å². The normalized spacial score (nSPS) is 14.8. The van der Waals surface area contributed by atoms with Gasteiger partial charge in [0.05, 0.1) is 18.7 Å². The minimum Gasteiger partial charge on any atom is -0.467 e. The predicted molar refractivity (Wildman–Crippen MR) is 97.8 cm³/mol. The summed E-state index contributed by atoms with van der Waals surface area (Å²) in [6.07, 6.45) is 1.75. The van der Waals surface area contributed by atoms with E-state index in [1.807, 2.05) is 30.3 Å². The molecule has 0 fully saturated rings. The average molecular weight is 372 g/mol. The molecule has 0 saturated carbocycles. The molecule has 0 saturated heterocycles. The third-order valence-electron chi connectivity index (χ3n) is 4.09. The molecule has 6 heteroatoms. The van der Waals surface area contributed by atoms with E-state index in [4.69, 9.17) is 21.1 Å². The number of benzene rings is 2. The van der Waals surface area contributed by atoms with Gasteiger partial charge in [0, 0.05) is 12.5 Å². The molecule has 1 aliphatic rings. The molecule has 0 aliphatic carbocycles. The van der Waals surface area contributed by atoms with Crippen molar-refractivity contribution in [2.24, 2.45) is 0 Å². The van der Waals surface area contributed by atoms with Crippen LogP contribution in [0.2, 0.25) is 5.02 Å². The molecular formula is C20H18ClNO4. The van der Waals surface area contributed by atoms with Crippen LogP contribution in [0.15, 0.2) is 66.4 Å². The highest BCUT2D eigenvalue weighted by molar-refractivity contribution is 6.32. The first-order valence-electron chi connectivity index (χ1n) is 8.14. The first-order chi connectivity index (χ1) is 12.6. The highest BCUT2D eigenvalue weighted by Crippen LogP contribution is 2.27. The summed E-state index contributed by atoms with van der Waals surface area (Å²) in [7, 11) is 1.31. The molecule has 3 rings (SSSR count). The summed E-state index contributed by atoms with van der Waals surface area (Å²) in [6, 6.07) is 15.8. The fraction of sp³-hybridized carbons (Fsp3) is 0.200. The first kappa shape index (κ1) is 18.0. The van der Waals surface area contributed by atoms with E-state index in [0.29, 0.717) is 23.0 Å². The van der Waals surface area contributed by atoms with Crippen LogP contribution in [0.25, 0.3) is 0 Å². The third kappa shape index (κ3) is 4.06. The smallest absolute Gasteiger partial charge is 0.328 e. The number of halogens is 1. The third-order valence-corrected chi connectivity index (χ3v) is 4.41. The van der Waals surface area contributed by atoms with Crippen molar-refractivity contribution in [2.45, 2.75) is 12.5 Å². The topological polar surface area (TPSA) is 55.8 Å². The molecule has 0 N–H and O–H groups in total. The van der Waals surface area contributed by atoms with E-state index in [1.165, 1.54) is 18.1 Å². The standard InChI is InChI=1S/C20H18ClNO4/c1-25-20(24)17(11-14-7-3-2-4-8-14)22-13-15(12-19(22)23)26-18-10-6-5-9-16(18)21/h2-10,12,17H,11,13H2,1H3/t17-/m0/s1. The molecular weight excluding hydrogens is 354 g/mol. The molecule has 134 valence electrons. The Morgan fingerprint density at radius 3 is 2.54 bits per heavy atom. The number of carbonyl (C=O) groups is 2. The van der Waals surface area contributed by atoms with Gasteiger partial charge in [0.1, 0.15) is 17.6 Å². The first-order valence-corrected chi connectivity index (χ1v) is 8.51. The number of hydrogen-bond donors (Lipinski definition) is 0. The Morgan fingerprint density at radius 1 is 1.15 bits per heavy atom. The molecule has 1 heterocycles. The lowest BCUT2D eigenvalue weighted by Crippen LogP contribution is -2.44. The Bertz CT molecular complexity index is 835. The second-order valence-corrected chi connectivity index (χ2v) is 6.25. The van der Waals surface area contributed by atoms with Crippen molar-refractivity contribution in [1.29, 1.82) is 0 Å². The number of hydrogen-bond acceptors (Lipinski definition) is 4. The summed E-state index contributed by atoms with van der Waals surface area (Å²) < 4.78 is 10.6. The zero-order valence-corrected chi connectivity index (χ0v) is 15.0. The molecule has 5 nitrogen and oxygen atoms in total. The molecule has 1 atom stereocenters. The highest BCUT2D eigenvalue weighted by Gasteiger charge is 2.35. The van der Waals surface area contributed by atoms with Crippen LogP contribution >= 0.6 is 11.6 Å². The van der Waals surface area contributed by atoms with Crippen LogP contribution in [0.1, 0.15) is 5.56 Å². The van der Waals surface area contributed by atoms with Gasteiger partial charge in [-0.05, 0) is 17.7 Å². The van der Waals surface area contributed by atoms with Crippen LogP contribution < -0.4 is 4.74 Å². The number of rotatable bonds is 6. The fourth-order valence-corrected chi connectivity index (χ4v) is 2.97. The Morgan fingerprint density at radius 2 is 1.85 bits per heavy atom. The van der Waals surface area contributed by atoms with Crippen molar-refractivity contribution >= 4 is 23.5 Å². The van der Waals surface area contributed by atoms with Gasteiger partial charge in [0.25, 0.3) is 5.91 Å². The fourth-order valence-electron chi connectivity index (χ4n) is 2.80. The highest BCUT2D eigenvalue weighted by atomic mass is 35.5. The van der Waals surface area contributed by atoms with Crippen molar-refractivity contribution in [2.75, 3.05) is 13.7 Å². The number of carbonyl (C=O) groups excluding carboxylic acids is 2. The Kier molecular flexibility index (Phi) is 5.58. The molecule has 2 aromatic rings. The summed E-state index contributed by atoms with van der Waals surface area (Å²) in [5.74, 6) is 0.144. The predicted octanol–water partition coefficient (Wildman–Crippen LogP) is 3.23. The number of amides is 1. The zero-order valence-electron chi connectivity index (χ0n) is 14.2. The molecule has 0 aromatic heterocycles. The minimum absolute atomic E-state index is 0.177. The lowest BCUT2D eigenvalue weighted by Gasteiger charge is -2.26. The molecule has 1 amide bonds. The van der Waals surface area contributed by atoms with Gasteiger partial charge in [-0.15, -0.1) is 0 Å². The molecule has 0 unspecified atom stereocenters. The summed E-state index contributed by atoms with van der Waals surface area (Å²) in [4.78, 5) is 26.2. The van der Waals surface area contributed by atoms with Crippen LogP contribution in [0.5, 0.6) is 5.75 Å². The Balaban J connectivity index is 1.76. The van der Waals surface area contributed by atoms with Crippen LogP contribution in [0.3, 0.4) is 0 Å². The number of esters is 1. The average Bonchev–Trinajstić information content (AvgIpc) is 3.02. The van der Waals surface area contributed by atoms with Gasteiger partial charge in [-0.2, -0.15) is 0 Å². The van der Waals surface area contributed by atoms with Gasteiger partial charge in [0.15, 0.2) is 0 Å². The van der Waals surface area contributed by atoms with Gasteiger partial charge < -0.3 is 14.4 Å². The van der Waals surface area contributed by atoms with Gasteiger partial charge in [-0.1, -0.05) is 54.1 Å². The zero-order chi connectivity index (χ0) is 18.5. The summed E-state index contributed by atoms with van der Waals surface area (Å²) in [5.41, 5.74) is 0.941. The van der Waals surface area contributed by atoms with Crippen molar-refractivity contribution in [3.63, 3.8) is 0 Å². The second-order valence-electron chi connectivity index (χ2n) is 5.84. The lowest BCUT2D eigenvalue weighted by atomic mass is 10.0. The number of para-hydroxylation sites is 1. The maximum absolute atomic E-state index is 12.4. The lowest BCUT2D eigenvalue weighted by molar-refractivity contribution is -0.150. The summed E-state index contributed by atoms with van der Waals surface area (Å²) >= 11 is 6.09. The summed E-state index contributed by atoms with van der Waals surface area (Å²) in [5, 5.41) is 0.452. The largest absolute Gasteiger partial charge is 0.467 e. The number of nitrogens with zero attached hydrogens (tertiary/aromatic N) is 1. The quantitative estimate of drug-likeness (QED) is 0.731. The van der Waals surface area contributed by atoms with Crippen LogP contribution in [-0.4, -0.2) is 36.5 Å². The number of ether oxygens (including phenoxy) is 2. The van der Waals surface area contributed by atoms with E-state index in [9.17, 15) is 9.59 Å². The number of methoxy groups -OCH3 is 1. The molecule has 2 aromatic carbocycles. The summed E-state index contributed by atoms with van der Waals surface area (Å²) in [6.45, 7) is 0.177. The van der Waals surface area contributed by atoms with E-state index < -0.39 is 12.0 Å². The molecule has 0 spiro atoms. The van der Waals surface area contributed by atoms with Crippen molar-refractivity contribution in [3.05, 3.63) is 77.0 Å². The van der Waals surface area contributed by atoms with E-state index in [1.54, 1.807) is 24.3 Å². The Hall–Kier alpha value is -2.79. The molecule has 26 heavy (non-hydrogen) atoms. The van der Waals surface area contributed by atoms with Crippen LogP contribution in [0, 0.1) is 0 Å². The van der Waals surface area contributed by atoms with Crippen molar-refractivity contribution < 1.29 is 19.1 Å². The van der Waals surface area contributed by atoms with E-state index in [2.05, 4.69) is 0 Å². The maximum Gasteiger partial charge on any atom is 0.328 e. The SMILES string of the molecule is COC(=O)[C@H](Cc1ccccc1)N1CC(Oc2ccccc2Cl)=CC1=O. The molecule has 1 aliphatic heterocycles. The minimum atomic E-state index is -0.724. The van der Waals surface area contributed by atoms with Crippen molar-refractivity contribution in [3.8, 4) is 5.75 Å².